The number of carbonyl (C=O) groups is 1. The normalized spacial score (nSPS) is 10.4. The highest BCUT2D eigenvalue weighted by atomic mass is 79.9. The molecule has 2 rings (SSSR count). The topological polar surface area (TPSA) is 64.0 Å². The Morgan fingerprint density at radius 1 is 1.38 bits per heavy atom. The molecule has 1 amide bonds. The molecule has 0 spiro atoms. The molecule has 7 heteroatoms. The summed E-state index contributed by atoms with van der Waals surface area (Å²) in [6.07, 6.45) is 0.760. The van der Waals surface area contributed by atoms with Crippen LogP contribution in [-0.2, 0) is 6.54 Å². The molecule has 0 fully saturated rings. The maximum atomic E-state index is 12.2. The van der Waals surface area contributed by atoms with Gasteiger partial charge in [0.25, 0.3) is 11.5 Å². The summed E-state index contributed by atoms with van der Waals surface area (Å²) in [7, 11) is 0. The number of amides is 1. The van der Waals surface area contributed by atoms with Gasteiger partial charge >= 0.3 is 0 Å². The van der Waals surface area contributed by atoms with Gasteiger partial charge in [0, 0.05) is 17.1 Å². The van der Waals surface area contributed by atoms with Crippen molar-refractivity contribution in [3.05, 3.63) is 55.9 Å². The highest BCUT2D eigenvalue weighted by Crippen LogP contribution is 2.25. The van der Waals surface area contributed by atoms with Gasteiger partial charge in [-0.05, 0) is 30.7 Å². The Morgan fingerprint density at radius 2 is 2.14 bits per heavy atom. The minimum Gasteiger partial charge on any atom is -0.319 e. The van der Waals surface area contributed by atoms with Gasteiger partial charge in [0.05, 0.1) is 10.7 Å². The van der Waals surface area contributed by atoms with E-state index in [-0.39, 0.29) is 11.3 Å². The molecule has 1 heterocycles. The first-order valence-electron chi connectivity index (χ1n) is 6.36. The van der Waals surface area contributed by atoms with Crippen molar-refractivity contribution in [2.24, 2.45) is 0 Å². The Labute approximate surface area is 135 Å². The van der Waals surface area contributed by atoms with Crippen molar-refractivity contribution in [1.82, 2.24) is 9.78 Å². The lowest BCUT2D eigenvalue weighted by atomic mass is 10.3. The molecule has 2 aromatic rings. The summed E-state index contributed by atoms with van der Waals surface area (Å²) in [5.41, 5.74) is 0.428. The van der Waals surface area contributed by atoms with E-state index in [2.05, 4.69) is 26.3 Å². The van der Waals surface area contributed by atoms with Crippen LogP contribution in [0.25, 0.3) is 0 Å². The maximum Gasteiger partial charge on any atom is 0.276 e. The zero-order valence-electron chi connectivity index (χ0n) is 11.3. The number of nitrogens with zero attached hydrogens (tertiary/aromatic N) is 2. The van der Waals surface area contributed by atoms with Gasteiger partial charge in [-0.3, -0.25) is 9.59 Å². The molecule has 0 unspecified atom stereocenters. The zero-order chi connectivity index (χ0) is 15.4. The number of benzene rings is 1. The number of anilines is 1. The fourth-order valence-corrected chi connectivity index (χ4v) is 2.44. The van der Waals surface area contributed by atoms with E-state index in [1.54, 1.807) is 18.2 Å². The molecule has 0 radical (unpaired) electrons. The Hall–Kier alpha value is -1.66. The molecule has 0 aliphatic heterocycles. The highest BCUT2D eigenvalue weighted by Gasteiger charge is 2.11. The SMILES string of the molecule is CCCn1nc(C(=O)Nc2ccc(Br)cc2Cl)ccc1=O. The molecule has 0 saturated carbocycles. The summed E-state index contributed by atoms with van der Waals surface area (Å²) < 4.78 is 2.10. The molecule has 1 N–H and O–H groups in total. The van der Waals surface area contributed by atoms with Crippen molar-refractivity contribution >= 4 is 39.1 Å². The lowest BCUT2D eigenvalue weighted by Gasteiger charge is -2.08. The average Bonchev–Trinajstić information content (AvgIpc) is 2.44. The summed E-state index contributed by atoms with van der Waals surface area (Å²) in [5, 5.41) is 7.13. The van der Waals surface area contributed by atoms with Crippen LogP contribution in [0.15, 0.2) is 39.6 Å². The van der Waals surface area contributed by atoms with Crippen LogP contribution in [0.2, 0.25) is 5.02 Å². The third-order valence-corrected chi connectivity index (χ3v) is 3.52. The van der Waals surface area contributed by atoms with Crippen LogP contribution in [0.4, 0.5) is 5.69 Å². The van der Waals surface area contributed by atoms with Gasteiger partial charge in [-0.1, -0.05) is 34.5 Å². The third-order valence-electron chi connectivity index (χ3n) is 2.71. The van der Waals surface area contributed by atoms with Crippen LogP contribution in [-0.4, -0.2) is 15.7 Å². The number of aryl methyl sites for hydroxylation is 1. The molecule has 21 heavy (non-hydrogen) atoms. The van der Waals surface area contributed by atoms with E-state index < -0.39 is 5.91 Å². The molecule has 0 saturated heterocycles. The predicted octanol–water partition coefficient (Wildman–Crippen LogP) is 3.32. The summed E-state index contributed by atoms with van der Waals surface area (Å²) in [4.78, 5) is 23.7. The van der Waals surface area contributed by atoms with Gasteiger partial charge in [0.15, 0.2) is 0 Å². The molecule has 1 aromatic carbocycles. The fraction of sp³-hybridized carbons (Fsp3) is 0.214. The first kappa shape index (κ1) is 15.7. The van der Waals surface area contributed by atoms with Gasteiger partial charge in [0.2, 0.25) is 0 Å². The molecule has 1 aromatic heterocycles. The maximum absolute atomic E-state index is 12.2. The molecule has 0 bridgehead atoms. The Morgan fingerprint density at radius 3 is 2.81 bits per heavy atom. The standard InChI is InChI=1S/C14H13BrClN3O2/c1-2-7-19-13(20)6-5-12(18-19)14(21)17-11-4-3-9(15)8-10(11)16/h3-6,8H,2,7H2,1H3,(H,17,21). The van der Waals surface area contributed by atoms with E-state index >= 15 is 0 Å². The summed E-state index contributed by atoms with van der Waals surface area (Å²) in [6.45, 7) is 2.40. The highest BCUT2D eigenvalue weighted by molar-refractivity contribution is 9.10. The van der Waals surface area contributed by atoms with Crippen LogP contribution in [0, 0.1) is 0 Å². The van der Waals surface area contributed by atoms with E-state index in [1.807, 2.05) is 6.92 Å². The van der Waals surface area contributed by atoms with Crippen LogP contribution < -0.4 is 10.9 Å². The van der Waals surface area contributed by atoms with Gasteiger partial charge in [-0.25, -0.2) is 4.68 Å². The summed E-state index contributed by atoms with van der Waals surface area (Å²) >= 11 is 9.34. The second-order valence-electron chi connectivity index (χ2n) is 4.36. The second-order valence-corrected chi connectivity index (χ2v) is 5.68. The van der Waals surface area contributed by atoms with E-state index in [1.165, 1.54) is 16.8 Å². The van der Waals surface area contributed by atoms with E-state index in [9.17, 15) is 9.59 Å². The molecular formula is C14H13BrClN3O2. The quantitative estimate of drug-likeness (QED) is 0.898. The van der Waals surface area contributed by atoms with Crippen molar-refractivity contribution in [1.29, 1.82) is 0 Å². The first-order valence-corrected chi connectivity index (χ1v) is 7.53. The minimum absolute atomic E-state index is 0.169. The smallest absolute Gasteiger partial charge is 0.276 e. The first-order chi connectivity index (χ1) is 10.0. The van der Waals surface area contributed by atoms with Crippen molar-refractivity contribution in [3.63, 3.8) is 0 Å². The van der Waals surface area contributed by atoms with Gasteiger partial charge in [-0.2, -0.15) is 5.10 Å². The summed E-state index contributed by atoms with van der Waals surface area (Å²) in [6, 6.07) is 7.87. The van der Waals surface area contributed by atoms with E-state index in [0.717, 1.165) is 10.9 Å². The largest absolute Gasteiger partial charge is 0.319 e. The second kappa shape index (κ2) is 6.87. The van der Waals surface area contributed by atoms with Crippen LogP contribution in [0.1, 0.15) is 23.8 Å². The van der Waals surface area contributed by atoms with Gasteiger partial charge in [0.1, 0.15) is 5.69 Å². The Kier molecular flexibility index (Phi) is 5.14. The van der Waals surface area contributed by atoms with Crippen LogP contribution >= 0.6 is 27.5 Å². The van der Waals surface area contributed by atoms with Gasteiger partial charge in [-0.15, -0.1) is 0 Å². The fourth-order valence-electron chi connectivity index (χ4n) is 1.72. The monoisotopic (exact) mass is 369 g/mol. The number of rotatable bonds is 4. The van der Waals surface area contributed by atoms with E-state index in [0.29, 0.717) is 17.3 Å². The predicted molar refractivity (Wildman–Crippen MR) is 85.9 cm³/mol. The lowest BCUT2D eigenvalue weighted by molar-refractivity contribution is 0.102. The summed E-state index contributed by atoms with van der Waals surface area (Å²) in [5.74, 6) is -0.413. The third kappa shape index (κ3) is 3.92. The molecule has 110 valence electrons. The lowest BCUT2D eigenvalue weighted by Crippen LogP contribution is -2.26. The van der Waals surface area contributed by atoms with Gasteiger partial charge < -0.3 is 5.32 Å². The minimum atomic E-state index is -0.413. The van der Waals surface area contributed by atoms with Crippen molar-refractivity contribution < 1.29 is 4.79 Å². The number of hydrogen-bond acceptors (Lipinski definition) is 3. The number of nitrogens with one attached hydrogen (secondary N) is 1. The number of aromatic nitrogens is 2. The molecule has 0 aliphatic rings. The average molecular weight is 371 g/mol. The number of hydrogen-bond donors (Lipinski definition) is 1. The van der Waals surface area contributed by atoms with Crippen LogP contribution in [0.3, 0.4) is 0 Å². The molecule has 0 aliphatic carbocycles. The van der Waals surface area contributed by atoms with Crippen LogP contribution in [0.5, 0.6) is 0 Å². The molecule has 5 nitrogen and oxygen atoms in total. The number of halogens is 2. The van der Waals surface area contributed by atoms with Crippen molar-refractivity contribution in [2.75, 3.05) is 5.32 Å². The molecule has 0 atom stereocenters. The van der Waals surface area contributed by atoms with Crippen molar-refractivity contribution in [2.45, 2.75) is 19.9 Å². The van der Waals surface area contributed by atoms with Crippen molar-refractivity contribution in [3.8, 4) is 0 Å². The Bertz CT molecular complexity index is 730. The number of carbonyl (C=O) groups excluding carboxylic acids is 1. The van der Waals surface area contributed by atoms with E-state index in [4.69, 9.17) is 11.6 Å². The zero-order valence-corrected chi connectivity index (χ0v) is 13.6. The molecular weight excluding hydrogens is 358 g/mol. The Balaban J connectivity index is 2.24.